The van der Waals surface area contributed by atoms with Gasteiger partial charge >= 0.3 is 0 Å². The zero-order valence-electron chi connectivity index (χ0n) is 13.2. The molecule has 0 atom stereocenters. The summed E-state index contributed by atoms with van der Waals surface area (Å²) >= 11 is 0. The molecule has 0 heterocycles. The fourth-order valence-corrected chi connectivity index (χ4v) is 3.32. The van der Waals surface area contributed by atoms with E-state index in [0.717, 1.165) is 44.9 Å². The summed E-state index contributed by atoms with van der Waals surface area (Å²) in [4.78, 5) is 25.1. The number of carbonyl (C=O) groups excluding carboxylic acids is 2. The zero-order chi connectivity index (χ0) is 16.3. The molecule has 124 valence electrons. The largest absolute Gasteiger partial charge is 0.353 e. The Kier molecular flexibility index (Phi) is 4.64. The molecule has 1 aromatic rings. The summed E-state index contributed by atoms with van der Waals surface area (Å²) in [5.74, 6) is -0.474. The molecule has 0 spiro atoms. The lowest BCUT2D eigenvalue weighted by Crippen LogP contribution is -2.42. The van der Waals surface area contributed by atoms with Crippen molar-refractivity contribution in [3.63, 3.8) is 0 Å². The molecule has 4 nitrogen and oxygen atoms in total. The number of rotatable bonds is 5. The molecule has 3 rings (SSSR count). The molecule has 2 N–H and O–H groups in total. The molecule has 23 heavy (non-hydrogen) atoms. The number of carbonyl (C=O) groups is 2. The minimum absolute atomic E-state index is 0.0244. The van der Waals surface area contributed by atoms with Gasteiger partial charge < -0.3 is 10.6 Å². The van der Waals surface area contributed by atoms with E-state index in [1.165, 1.54) is 12.1 Å². The molecular formula is C18H23FN2O2. The summed E-state index contributed by atoms with van der Waals surface area (Å²) in [5, 5.41) is 5.85. The molecular weight excluding hydrogens is 295 g/mol. The van der Waals surface area contributed by atoms with E-state index in [1.54, 1.807) is 12.1 Å². The van der Waals surface area contributed by atoms with Crippen molar-refractivity contribution in [3.8, 4) is 0 Å². The highest BCUT2D eigenvalue weighted by atomic mass is 19.1. The van der Waals surface area contributed by atoms with Crippen LogP contribution in [-0.2, 0) is 9.59 Å². The van der Waals surface area contributed by atoms with Crippen molar-refractivity contribution in [2.24, 2.45) is 5.41 Å². The number of halogens is 1. The summed E-state index contributed by atoms with van der Waals surface area (Å²) in [6, 6.07) is 6.05. The van der Waals surface area contributed by atoms with E-state index in [-0.39, 0.29) is 24.1 Å². The van der Waals surface area contributed by atoms with E-state index < -0.39 is 5.41 Å². The Balaban J connectivity index is 1.69. The van der Waals surface area contributed by atoms with Crippen LogP contribution in [0.2, 0.25) is 0 Å². The van der Waals surface area contributed by atoms with Gasteiger partial charge in [-0.1, -0.05) is 19.3 Å². The SMILES string of the molecule is O=C(CC1(C(=O)Nc2ccc(F)cc2)CCCCC1)NC1CC1. The van der Waals surface area contributed by atoms with E-state index in [2.05, 4.69) is 10.6 Å². The van der Waals surface area contributed by atoms with Gasteiger partial charge in [0.2, 0.25) is 11.8 Å². The highest BCUT2D eigenvalue weighted by Crippen LogP contribution is 2.40. The van der Waals surface area contributed by atoms with Crippen LogP contribution < -0.4 is 10.6 Å². The van der Waals surface area contributed by atoms with Gasteiger partial charge in [-0.3, -0.25) is 9.59 Å². The molecule has 5 heteroatoms. The average Bonchev–Trinajstić information content (AvgIpc) is 3.34. The van der Waals surface area contributed by atoms with Crippen molar-refractivity contribution >= 4 is 17.5 Å². The Morgan fingerprint density at radius 1 is 1.09 bits per heavy atom. The van der Waals surface area contributed by atoms with Crippen LogP contribution in [0.1, 0.15) is 51.4 Å². The van der Waals surface area contributed by atoms with E-state index in [4.69, 9.17) is 0 Å². The van der Waals surface area contributed by atoms with Gasteiger partial charge in [0.15, 0.2) is 0 Å². The number of hydrogen-bond acceptors (Lipinski definition) is 2. The number of nitrogens with one attached hydrogen (secondary N) is 2. The molecule has 0 saturated heterocycles. The van der Waals surface area contributed by atoms with Gasteiger partial charge in [-0.15, -0.1) is 0 Å². The van der Waals surface area contributed by atoms with Crippen LogP contribution in [0.5, 0.6) is 0 Å². The Bertz CT molecular complexity index is 575. The molecule has 2 fully saturated rings. The molecule has 0 radical (unpaired) electrons. The zero-order valence-corrected chi connectivity index (χ0v) is 13.2. The van der Waals surface area contributed by atoms with E-state index in [1.807, 2.05) is 0 Å². The summed E-state index contributed by atoms with van der Waals surface area (Å²) in [7, 11) is 0. The Labute approximate surface area is 135 Å². The third-order valence-electron chi connectivity index (χ3n) is 4.84. The fourth-order valence-electron chi connectivity index (χ4n) is 3.32. The van der Waals surface area contributed by atoms with Gasteiger partial charge in [-0.25, -0.2) is 4.39 Å². The Morgan fingerprint density at radius 2 is 1.74 bits per heavy atom. The summed E-state index contributed by atoms with van der Waals surface area (Å²) in [5.41, 5.74) is -0.0602. The number of benzene rings is 1. The minimum Gasteiger partial charge on any atom is -0.353 e. The summed E-state index contributed by atoms with van der Waals surface area (Å²) in [6.45, 7) is 0. The normalized spacial score (nSPS) is 19.9. The maximum absolute atomic E-state index is 13.0. The lowest BCUT2D eigenvalue weighted by atomic mass is 9.71. The first-order chi connectivity index (χ1) is 11.1. The first-order valence-corrected chi connectivity index (χ1v) is 8.44. The van der Waals surface area contributed by atoms with Gasteiger partial charge in [0.1, 0.15) is 5.82 Å². The second-order valence-corrected chi connectivity index (χ2v) is 6.82. The van der Waals surface area contributed by atoms with Crippen molar-refractivity contribution in [1.82, 2.24) is 5.32 Å². The molecule has 2 amide bonds. The molecule has 2 aliphatic carbocycles. The van der Waals surface area contributed by atoms with Gasteiger partial charge in [0.25, 0.3) is 0 Å². The van der Waals surface area contributed by atoms with Crippen molar-refractivity contribution < 1.29 is 14.0 Å². The van der Waals surface area contributed by atoms with Crippen LogP contribution in [0.15, 0.2) is 24.3 Å². The third kappa shape index (κ3) is 4.09. The van der Waals surface area contributed by atoms with E-state index in [9.17, 15) is 14.0 Å². The van der Waals surface area contributed by atoms with Crippen molar-refractivity contribution in [1.29, 1.82) is 0 Å². The van der Waals surface area contributed by atoms with Crippen molar-refractivity contribution in [2.75, 3.05) is 5.32 Å². The first kappa shape index (κ1) is 16.0. The second-order valence-electron chi connectivity index (χ2n) is 6.82. The molecule has 2 saturated carbocycles. The lowest BCUT2D eigenvalue weighted by molar-refractivity contribution is -0.134. The molecule has 2 aliphatic rings. The number of amides is 2. The van der Waals surface area contributed by atoms with Gasteiger partial charge in [-0.05, 0) is 49.9 Å². The van der Waals surface area contributed by atoms with Crippen LogP contribution in [0, 0.1) is 11.2 Å². The predicted molar refractivity (Wildman–Crippen MR) is 86.3 cm³/mol. The molecule has 0 aromatic heterocycles. The number of hydrogen-bond donors (Lipinski definition) is 2. The smallest absolute Gasteiger partial charge is 0.231 e. The first-order valence-electron chi connectivity index (χ1n) is 8.44. The monoisotopic (exact) mass is 318 g/mol. The van der Waals surface area contributed by atoms with Crippen LogP contribution in [0.3, 0.4) is 0 Å². The highest BCUT2D eigenvalue weighted by Gasteiger charge is 2.42. The van der Waals surface area contributed by atoms with Crippen molar-refractivity contribution in [2.45, 2.75) is 57.4 Å². The van der Waals surface area contributed by atoms with Crippen molar-refractivity contribution in [3.05, 3.63) is 30.1 Å². The Morgan fingerprint density at radius 3 is 2.35 bits per heavy atom. The standard InChI is InChI=1S/C18H23FN2O2/c19-13-4-6-15(7-5-13)21-17(23)18(10-2-1-3-11-18)12-16(22)20-14-8-9-14/h4-7,14H,1-3,8-12H2,(H,20,22)(H,21,23). The van der Waals surface area contributed by atoms with E-state index in [0.29, 0.717) is 11.7 Å². The second kappa shape index (κ2) is 6.69. The summed E-state index contributed by atoms with van der Waals surface area (Å²) in [6.07, 6.45) is 6.84. The van der Waals surface area contributed by atoms with Crippen LogP contribution in [0.4, 0.5) is 10.1 Å². The van der Waals surface area contributed by atoms with Gasteiger partial charge in [-0.2, -0.15) is 0 Å². The van der Waals surface area contributed by atoms with Gasteiger partial charge in [0.05, 0.1) is 5.41 Å². The molecule has 0 unspecified atom stereocenters. The van der Waals surface area contributed by atoms with Crippen LogP contribution in [-0.4, -0.2) is 17.9 Å². The fraction of sp³-hybridized carbons (Fsp3) is 0.556. The quantitative estimate of drug-likeness (QED) is 0.874. The van der Waals surface area contributed by atoms with E-state index >= 15 is 0 Å². The summed E-state index contributed by atoms with van der Waals surface area (Å²) < 4.78 is 13.0. The third-order valence-corrected chi connectivity index (χ3v) is 4.84. The maximum atomic E-state index is 13.0. The van der Waals surface area contributed by atoms with Gasteiger partial charge in [0, 0.05) is 18.2 Å². The number of anilines is 1. The highest BCUT2D eigenvalue weighted by molar-refractivity contribution is 5.98. The molecule has 0 aliphatic heterocycles. The lowest BCUT2D eigenvalue weighted by Gasteiger charge is -2.35. The average molecular weight is 318 g/mol. The topological polar surface area (TPSA) is 58.2 Å². The Hall–Kier alpha value is -1.91. The van der Waals surface area contributed by atoms with Crippen LogP contribution >= 0.6 is 0 Å². The minimum atomic E-state index is -0.633. The molecule has 1 aromatic carbocycles. The van der Waals surface area contributed by atoms with Crippen LogP contribution in [0.25, 0.3) is 0 Å². The molecule has 0 bridgehead atoms. The maximum Gasteiger partial charge on any atom is 0.231 e. The predicted octanol–water partition coefficient (Wildman–Crippen LogP) is 3.38.